The van der Waals surface area contributed by atoms with E-state index in [4.69, 9.17) is 4.74 Å². The number of thioether (sulfide) groups is 1. The third-order valence-electron chi connectivity index (χ3n) is 3.31. The van der Waals surface area contributed by atoms with Crippen molar-refractivity contribution >= 4 is 18.0 Å². The zero-order valence-corrected chi connectivity index (χ0v) is 8.81. The van der Waals surface area contributed by atoms with Crippen molar-refractivity contribution in [3.05, 3.63) is 0 Å². The van der Waals surface area contributed by atoms with Crippen molar-refractivity contribution in [3.8, 4) is 0 Å². The Morgan fingerprint density at radius 2 is 2.46 bits per heavy atom. The largest absolute Gasteiger partial charge is 0.374 e. The molecule has 0 radical (unpaired) electrons. The van der Waals surface area contributed by atoms with Gasteiger partial charge in [0.2, 0.25) is 0 Å². The molecule has 0 aromatic carbocycles. The molecule has 13 heavy (non-hydrogen) atoms. The second-order valence-electron chi connectivity index (χ2n) is 4.07. The van der Waals surface area contributed by atoms with Crippen molar-refractivity contribution in [2.45, 2.75) is 37.0 Å². The second kappa shape index (κ2) is 3.62. The quantitative estimate of drug-likeness (QED) is 0.604. The van der Waals surface area contributed by atoms with Gasteiger partial charge in [0.1, 0.15) is 6.29 Å². The van der Waals surface area contributed by atoms with Crippen LogP contribution in [0.5, 0.6) is 0 Å². The van der Waals surface area contributed by atoms with E-state index in [1.807, 2.05) is 11.8 Å². The van der Waals surface area contributed by atoms with Crippen molar-refractivity contribution in [2.75, 3.05) is 12.4 Å². The van der Waals surface area contributed by atoms with E-state index in [0.717, 1.165) is 32.2 Å². The first-order valence-electron chi connectivity index (χ1n) is 4.98. The van der Waals surface area contributed by atoms with E-state index in [-0.39, 0.29) is 11.5 Å². The summed E-state index contributed by atoms with van der Waals surface area (Å²) < 4.78 is 5.89. The summed E-state index contributed by atoms with van der Waals surface area (Å²) in [6, 6.07) is 0. The predicted molar refractivity (Wildman–Crippen MR) is 54.0 cm³/mol. The summed E-state index contributed by atoms with van der Waals surface area (Å²) in [7, 11) is 0. The SMILES string of the molecule is CC1SCCC12CC(C=O)CCO2. The molecule has 74 valence electrons. The molecule has 3 heteroatoms. The highest BCUT2D eigenvalue weighted by Crippen LogP contribution is 2.45. The molecule has 0 aromatic rings. The van der Waals surface area contributed by atoms with Gasteiger partial charge in [0, 0.05) is 17.8 Å². The van der Waals surface area contributed by atoms with Gasteiger partial charge in [-0.2, -0.15) is 11.8 Å². The van der Waals surface area contributed by atoms with Crippen molar-refractivity contribution in [3.63, 3.8) is 0 Å². The van der Waals surface area contributed by atoms with Crippen LogP contribution in [-0.4, -0.2) is 29.5 Å². The number of aldehydes is 1. The molecule has 2 heterocycles. The molecule has 0 saturated carbocycles. The van der Waals surface area contributed by atoms with Crippen LogP contribution in [0.15, 0.2) is 0 Å². The van der Waals surface area contributed by atoms with E-state index in [9.17, 15) is 4.79 Å². The Morgan fingerprint density at radius 3 is 3.08 bits per heavy atom. The lowest BCUT2D eigenvalue weighted by Gasteiger charge is -2.39. The summed E-state index contributed by atoms with van der Waals surface area (Å²) in [6.07, 6.45) is 4.11. The number of ether oxygens (including phenoxy) is 1. The molecular weight excluding hydrogens is 184 g/mol. The number of rotatable bonds is 1. The predicted octanol–water partition coefficient (Wildman–Crippen LogP) is 1.88. The van der Waals surface area contributed by atoms with Crippen LogP contribution in [0, 0.1) is 5.92 Å². The molecule has 2 aliphatic rings. The molecule has 2 rings (SSSR count). The van der Waals surface area contributed by atoms with E-state index >= 15 is 0 Å². The molecule has 0 amide bonds. The van der Waals surface area contributed by atoms with E-state index < -0.39 is 0 Å². The van der Waals surface area contributed by atoms with Crippen LogP contribution >= 0.6 is 11.8 Å². The molecule has 2 nitrogen and oxygen atoms in total. The standard InChI is InChI=1S/C10H16O2S/c1-8-10(3-5-13-8)6-9(7-11)2-4-12-10/h7-9H,2-6H2,1H3. The maximum Gasteiger partial charge on any atom is 0.123 e. The van der Waals surface area contributed by atoms with Crippen LogP contribution in [0.25, 0.3) is 0 Å². The minimum atomic E-state index is 0.0362. The van der Waals surface area contributed by atoms with E-state index in [1.54, 1.807) is 0 Å². The summed E-state index contributed by atoms with van der Waals surface area (Å²) >= 11 is 1.97. The van der Waals surface area contributed by atoms with Crippen LogP contribution in [0.3, 0.4) is 0 Å². The molecule has 3 unspecified atom stereocenters. The third kappa shape index (κ3) is 1.64. The van der Waals surface area contributed by atoms with Crippen molar-refractivity contribution in [1.82, 2.24) is 0 Å². The molecule has 0 aromatic heterocycles. The monoisotopic (exact) mass is 200 g/mol. The van der Waals surface area contributed by atoms with Gasteiger partial charge in [-0.05, 0) is 25.0 Å². The minimum Gasteiger partial charge on any atom is -0.374 e. The fraction of sp³-hybridized carbons (Fsp3) is 0.900. The Morgan fingerprint density at radius 1 is 1.62 bits per heavy atom. The Hall–Kier alpha value is -0.0200. The highest BCUT2D eigenvalue weighted by Gasteiger charge is 2.45. The van der Waals surface area contributed by atoms with Crippen LogP contribution in [0.4, 0.5) is 0 Å². The van der Waals surface area contributed by atoms with Crippen molar-refractivity contribution in [1.29, 1.82) is 0 Å². The average Bonchev–Trinajstić information content (AvgIpc) is 2.48. The van der Waals surface area contributed by atoms with Gasteiger partial charge in [0.05, 0.1) is 5.60 Å². The number of hydrogen-bond acceptors (Lipinski definition) is 3. The van der Waals surface area contributed by atoms with Gasteiger partial charge < -0.3 is 9.53 Å². The summed E-state index contributed by atoms with van der Waals surface area (Å²) in [6.45, 7) is 3.00. The van der Waals surface area contributed by atoms with Gasteiger partial charge in [-0.25, -0.2) is 0 Å². The summed E-state index contributed by atoms with van der Waals surface area (Å²) in [5.41, 5.74) is 0.0362. The van der Waals surface area contributed by atoms with E-state index in [1.165, 1.54) is 5.75 Å². The molecule has 0 aliphatic carbocycles. The van der Waals surface area contributed by atoms with Crippen LogP contribution < -0.4 is 0 Å². The Kier molecular flexibility index (Phi) is 2.65. The summed E-state index contributed by atoms with van der Waals surface area (Å²) in [4.78, 5) is 10.7. The second-order valence-corrected chi connectivity index (χ2v) is 5.51. The van der Waals surface area contributed by atoms with Crippen LogP contribution in [0.2, 0.25) is 0 Å². The average molecular weight is 200 g/mol. The van der Waals surface area contributed by atoms with Gasteiger partial charge in [0.25, 0.3) is 0 Å². The maximum atomic E-state index is 10.7. The highest BCUT2D eigenvalue weighted by molar-refractivity contribution is 8.00. The fourth-order valence-electron chi connectivity index (χ4n) is 2.36. The van der Waals surface area contributed by atoms with Crippen LogP contribution in [-0.2, 0) is 9.53 Å². The van der Waals surface area contributed by atoms with Gasteiger partial charge in [-0.3, -0.25) is 0 Å². The number of carbonyl (C=O) groups is 1. The maximum absolute atomic E-state index is 10.7. The lowest BCUT2D eigenvalue weighted by molar-refractivity contribution is -0.125. The lowest BCUT2D eigenvalue weighted by atomic mass is 9.83. The molecule has 1 spiro atoms. The van der Waals surface area contributed by atoms with E-state index in [2.05, 4.69) is 6.92 Å². The van der Waals surface area contributed by atoms with Gasteiger partial charge in [-0.15, -0.1) is 0 Å². The molecule has 2 fully saturated rings. The summed E-state index contributed by atoms with van der Waals surface area (Å²) in [5.74, 6) is 1.43. The topological polar surface area (TPSA) is 26.3 Å². The molecule has 2 saturated heterocycles. The Labute approximate surface area is 83.4 Å². The smallest absolute Gasteiger partial charge is 0.123 e. The third-order valence-corrected chi connectivity index (χ3v) is 4.68. The summed E-state index contributed by atoms with van der Waals surface area (Å²) in [5, 5.41) is 0.565. The zero-order chi connectivity index (χ0) is 9.31. The fourth-order valence-corrected chi connectivity index (χ4v) is 3.76. The van der Waals surface area contributed by atoms with E-state index in [0.29, 0.717) is 5.25 Å². The van der Waals surface area contributed by atoms with Crippen molar-refractivity contribution < 1.29 is 9.53 Å². The Balaban J connectivity index is 2.08. The first-order valence-corrected chi connectivity index (χ1v) is 6.02. The number of hydrogen-bond donors (Lipinski definition) is 0. The molecule has 3 atom stereocenters. The molecule has 0 N–H and O–H groups in total. The lowest BCUT2D eigenvalue weighted by Crippen LogP contribution is -2.44. The highest BCUT2D eigenvalue weighted by atomic mass is 32.2. The normalized spacial score (nSPS) is 45.3. The van der Waals surface area contributed by atoms with Gasteiger partial charge >= 0.3 is 0 Å². The molecule has 0 bridgehead atoms. The molecular formula is C10H16O2S. The zero-order valence-electron chi connectivity index (χ0n) is 7.99. The first-order chi connectivity index (χ1) is 6.27. The first kappa shape index (κ1) is 9.53. The van der Waals surface area contributed by atoms with Crippen molar-refractivity contribution in [2.24, 2.45) is 5.92 Å². The van der Waals surface area contributed by atoms with Gasteiger partial charge in [0.15, 0.2) is 0 Å². The number of carbonyl (C=O) groups excluding carboxylic acids is 1. The molecule has 2 aliphatic heterocycles. The van der Waals surface area contributed by atoms with Gasteiger partial charge in [-0.1, -0.05) is 6.92 Å². The van der Waals surface area contributed by atoms with Crippen LogP contribution in [0.1, 0.15) is 26.2 Å². The minimum absolute atomic E-state index is 0.0362. The Bertz CT molecular complexity index is 207.